The molecule has 5 nitrogen and oxygen atoms in total. The minimum absolute atomic E-state index is 0.115. The lowest BCUT2D eigenvalue weighted by Crippen LogP contribution is -2.39. The third-order valence-corrected chi connectivity index (χ3v) is 5.29. The van der Waals surface area contributed by atoms with Gasteiger partial charge in [-0.15, -0.1) is 11.3 Å². The molecule has 2 N–H and O–H groups in total. The maximum absolute atomic E-state index is 12.4. The number of hydrogen-bond donors (Lipinski definition) is 2. The molecule has 1 fully saturated rings. The highest BCUT2D eigenvalue weighted by Gasteiger charge is 2.38. The first-order valence-electron chi connectivity index (χ1n) is 8.04. The van der Waals surface area contributed by atoms with Gasteiger partial charge in [0.1, 0.15) is 5.60 Å². The Morgan fingerprint density at radius 3 is 3.12 bits per heavy atom. The Labute approximate surface area is 144 Å². The summed E-state index contributed by atoms with van der Waals surface area (Å²) in [4.78, 5) is 20.3. The van der Waals surface area contributed by atoms with E-state index in [-0.39, 0.29) is 5.91 Å². The lowest BCUT2D eigenvalue weighted by Gasteiger charge is -2.20. The predicted octanol–water partition coefficient (Wildman–Crippen LogP) is 4.11. The minimum Gasteiger partial charge on any atom is -0.365 e. The van der Waals surface area contributed by atoms with Crippen molar-refractivity contribution in [1.29, 1.82) is 0 Å². The first-order chi connectivity index (χ1) is 11.5. The van der Waals surface area contributed by atoms with Gasteiger partial charge in [-0.2, -0.15) is 0 Å². The fourth-order valence-corrected chi connectivity index (χ4v) is 3.79. The zero-order chi connectivity index (χ0) is 16.7. The number of thiazole rings is 1. The van der Waals surface area contributed by atoms with E-state index < -0.39 is 5.60 Å². The van der Waals surface area contributed by atoms with Gasteiger partial charge < -0.3 is 9.72 Å². The van der Waals surface area contributed by atoms with Crippen molar-refractivity contribution in [2.45, 2.75) is 32.3 Å². The first-order valence-corrected chi connectivity index (χ1v) is 8.92. The van der Waals surface area contributed by atoms with Crippen molar-refractivity contribution < 1.29 is 9.53 Å². The fraction of sp³-hybridized carbons (Fsp3) is 0.333. The smallest absolute Gasteiger partial charge is 0.258 e. The Morgan fingerprint density at radius 1 is 1.46 bits per heavy atom. The molecule has 1 amide bonds. The quantitative estimate of drug-likeness (QED) is 0.753. The standard InChI is InChI=1S/C18H19N3O2S/c1-11-4-5-14-12(8-11)13(9-19-14)15-10-24-17(20-15)21-16(22)18(2)6-3-7-23-18/h4-5,8-10,19H,3,6-7H2,1-2H3,(H,20,21,22)/t18-/m1/s1. The number of hydrogen-bond acceptors (Lipinski definition) is 4. The number of aromatic amines is 1. The largest absolute Gasteiger partial charge is 0.365 e. The maximum Gasteiger partial charge on any atom is 0.258 e. The molecule has 6 heteroatoms. The number of rotatable bonds is 3. The van der Waals surface area contributed by atoms with Gasteiger partial charge in [0.2, 0.25) is 0 Å². The van der Waals surface area contributed by atoms with Crippen LogP contribution in [0, 0.1) is 6.92 Å². The topological polar surface area (TPSA) is 67.0 Å². The van der Waals surface area contributed by atoms with E-state index in [9.17, 15) is 4.79 Å². The second-order valence-electron chi connectivity index (χ2n) is 6.43. The highest BCUT2D eigenvalue weighted by molar-refractivity contribution is 7.14. The van der Waals surface area contributed by atoms with Gasteiger partial charge in [-0.25, -0.2) is 4.98 Å². The van der Waals surface area contributed by atoms with Gasteiger partial charge in [0, 0.05) is 34.7 Å². The number of amides is 1. The van der Waals surface area contributed by atoms with Crippen LogP contribution in [0.1, 0.15) is 25.3 Å². The van der Waals surface area contributed by atoms with E-state index in [0.29, 0.717) is 11.7 Å². The van der Waals surface area contributed by atoms with E-state index in [4.69, 9.17) is 4.74 Å². The highest BCUT2D eigenvalue weighted by atomic mass is 32.1. The van der Waals surface area contributed by atoms with Gasteiger partial charge in [-0.3, -0.25) is 10.1 Å². The van der Waals surface area contributed by atoms with Crippen LogP contribution < -0.4 is 5.32 Å². The van der Waals surface area contributed by atoms with Gasteiger partial charge in [-0.1, -0.05) is 11.6 Å². The number of carbonyl (C=O) groups is 1. The molecule has 24 heavy (non-hydrogen) atoms. The lowest BCUT2D eigenvalue weighted by molar-refractivity contribution is -0.133. The zero-order valence-corrected chi connectivity index (χ0v) is 14.5. The summed E-state index contributed by atoms with van der Waals surface area (Å²) in [5, 5.41) is 6.62. The molecule has 0 unspecified atom stereocenters. The number of aryl methyl sites for hydroxylation is 1. The summed E-state index contributed by atoms with van der Waals surface area (Å²) < 4.78 is 5.58. The number of anilines is 1. The number of benzene rings is 1. The van der Waals surface area contributed by atoms with Crippen LogP contribution in [0.25, 0.3) is 22.2 Å². The fourth-order valence-electron chi connectivity index (χ4n) is 3.09. The van der Waals surface area contributed by atoms with Gasteiger partial charge in [0.05, 0.1) is 5.69 Å². The summed E-state index contributed by atoms with van der Waals surface area (Å²) in [5.41, 5.74) is 3.47. The van der Waals surface area contributed by atoms with E-state index in [1.807, 2.05) is 18.5 Å². The molecule has 0 bridgehead atoms. The summed E-state index contributed by atoms with van der Waals surface area (Å²) in [6.07, 6.45) is 3.63. The zero-order valence-electron chi connectivity index (χ0n) is 13.7. The highest BCUT2D eigenvalue weighted by Crippen LogP contribution is 2.32. The third kappa shape index (κ3) is 2.61. The summed E-state index contributed by atoms with van der Waals surface area (Å²) in [6.45, 7) is 4.55. The number of aromatic nitrogens is 2. The monoisotopic (exact) mass is 341 g/mol. The molecular weight excluding hydrogens is 322 g/mol. The second-order valence-corrected chi connectivity index (χ2v) is 7.28. The summed E-state index contributed by atoms with van der Waals surface area (Å²) in [7, 11) is 0. The van der Waals surface area contributed by atoms with E-state index >= 15 is 0 Å². The Hall–Kier alpha value is -2.18. The van der Waals surface area contributed by atoms with Crippen LogP contribution >= 0.6 is 11.3 Å². The molecule has 1 aromatic carbocycles. The molecule has 3 aromatic rings. The van der Waals surface area contributed by atoms with Crippen LogP contribution in [0.5, 0.6) is 0 Å². The van der Waals surface area contributed by atoms with Crippen LogP contribution in [0.15, 0.2) is 29.8 Å². The molecule has 124 valence electrons. The third-order valence-electron chi connectivity index (χ3n) is 4.54. The molecule has 0 spiro atoms. The van der Waals surface area contributed by atoms with Crippen LogP contribution in [0.4, 0.5) is 5.13 Å². The molecule has 0 aliphatic carbocycles. The number of carbonyl (C=O) groups excluding carboxylic acids is 1. The normalized spacial score (nSPS) is 20.6. The summed E-state index contributed by atoms with van der Waals surface area (Å²) in [6, 6.07) is 6.30. The number of H-pyrrole nitrogens is 1. The average molecular weight is 341 g/mol. The molecular formula is C18H19N3O2S. The summed E-state index contributed by atoms with van der Waals surface area (Å²) in [5.74, 6) is -0.115. The molecule has 4 rings (SSSR count). The van der Waals surface area contributed by atoms with Crippen molar-refractivity contribution in [3.05, 3.63) is 35.3 Å². The van der Waals surface area contributed by atoms with Crippen molar-refractivity contribution >= 4 is 33.3 Å². The van der Waals surface area contributed by atoms with Gasteiger partial charge in [-0.05, 0) is 38.8 Å². The van der Waals surface area contributed by atoms with Crippen LogP contribution in [0.2, 0.25) is 0 Å². The van der Waals surface area contributed by atoms with Gasteiger partial charge in [0.25, 0.3) is 5.91 Å². The van der Waals surface area contributed by atoms with Crippen molar-refractivity contribution in [3.63, 3.8) is 0 Å². The SMILES string of the molecule is Cc1ccc2[nH]cc(-c3csc(NC(=O)[C@@]4(C)CCCO4)n3)c2c1. The summed E-state index contributed by atoms with van der Waals surface area (Å²) >= 11 is 1.43. The van der Waals surface area contributed by atoms with Crippen LogP contribution in [-0.2, 0) is 9.53 Å². The van der Waals surface area contributed by atoms with E-state index in [1.165, 1.54) is 16.9 Å². The van der Waals surface area contributed by atoms with Gasteiger partial charge >= 0.3 is 0 Å². The van der Waals surface area contributed by atoms with E-state index in [0.717, 1.165) is 35.0 Å². The molecule has 1 aliphatic rings. The molecule has 0 radical (unpaired) electrons. The number of ether oxygens (including phenoxy) is 1. The first kappa shape index (κ1) is 15.4. The van der Waals surface area contributed by atoms with Crippen molar-refractivity contribution in [2.24, 2.45) is 0 Å². The van der Waals surface area contributed by atoms with Crippen LogP contribution in [-0.4, -0.2) is 28.1 Å². The average Bonchev–Trinajstić information content (AvgIpc) is 3.27. The second kappa shape index (κ2) is 5.72. The van der Waals surface area contributed by atoms with Crippen molar-refractivity contribution in [3.8, 4) is 11.3 Å². The Kier molecular flexibility index (Phi) is 3.66. The molecule has 1 saturated heterocycles. The van der Waals surface area contributed by atoms with Crippen molar-refractivity contribution in [2.75, 3.05) is 11.9 Å². The van der Waals surface area contributed by atoms with E-state index in [1.54, 1.807) is 0 Å². The molecule has 1 aliphatic heterocycles. The Bertz CT molecular complexity index is 906. The number of nitrogens with zero attached hydrogens (tertiary/aromatic N) is 1. The molecule has 1 atom stereocenters. The molecule has 3 heterocycles. The lowest BCUT2D eigenvalue weighted by atomic mass is 10.0. The number of fused-ring (bicyclic) bond motifs is 1. The number of nitrogens with one attached hydrogen (secondary N) is 2. The Balaban J connectivity index is 1.60. The minimum atomic E-state index is -0.732. The maximum atomic E-state index is 12.4. The molecule has 2 aromatic heterocycles. The van der Waals surface area contributed by atoms with Gasteiger partial charge in [0.15, 0.2) is 5.13 Å². The van der Waals surface area contributed by atoms with Crippen molar-refractivity contribution in [1.82, 2.24) is 9.97 Å². The van der Waals surface area contributed by atoms with E-state index in [2.05, 4.69) is 40.4 Å². The molecule has 0 saturated carbocycles. The predicted molar refractivity (Wildman–Crippen MR) is 96.4 cm³/mol. The van der Waals surface area contributed by atoms with Crippen LogP contribution in [0.3, 0.4) is 0 Å². The Morgan fingerprint density at radius 2 is 2.33 bits per heavy atom.